The number of carbonyl (C=O) groups excluding carboxylic acids is 1. The lowest BCUT2D eigenvalue weighted by molar-refractivity contribution is -0.137. The Bertz CT molecular complexity index is 188. The smallest absolute Gasteiger partial charge is 0.330 e. The molecule has 1 atom stereocenters. The first-order valence-electron chi connectivity index (χ1n) is 3.60. The van der Waals surface area contributed by atoms with E-state index in [0.717, 1.165) is 0 Å². The summed E-state index contributed by atoms with van der Waals surface area (Å²) in [4.78, 5) is 10.7. The van der Waals surface area contributed by atoms with Crippen molar-refractivity contribution in [1.29, 1.82) is 0 Å². The molecule has 0 aromatic carbocycles. The first kappa shape index (κ1) is 11.4. The molecule has 0 radical (unpaired) electrons. The van der Waals surface area contributed by atoms with Crippen molar-refractivity contribution in [2.45, 2.75) is 6.92 Å². The Morgan fingerprint density at radius 2 is 2.25 bits per heavy atom. The molecule has 1 unspecified atom stereocenters. The van der Waals surface area contributed by atoms with Crippen LogP contribution in [0.15, 0.2) is 12.2 Å². The van der Waals surface area contributed by atoms with Gasteiger partial charge in [0, 0.05) is 19.3 Å². The van der Waals surface area contributed by atoms with Crippen LogP contribution in [0.3, 0.4) is 0 Å². The van der Waals surface area contributed by atoms with Gasteiger partial charge in [-0.2, -0.15) is 0 Å². The van der Waals surface area contributed by atoms with Gasteiger partial charge in [0.2, 0.25) is 0 Å². The van der Waals surface area contributed by atoms with Crippen LogP contribution in [-0.2, 0) is 18.6 Å². The molecule has 0 saturated carbocycles. The maximum atomic E-state index is 10.7. The third-order valence-electron chi connectivity index (χ3n) is 1.05. The molecule has 0 fully saturated rings. The molecule has 0 aliphatic heterocycles. The van der Waals surface area contributed by atoms with Crippen LogP contribution in [0.5, 0.6) is 0 Å². The first-order valence-corrected chi connectivity index (χ1v) is 5.13. The summed E-state index contributed by atoms with van der Waals surface area (Å²) >= 11 is 0. The zero-order chi connectivity index (χ0) is 9.40. The van der Waals surface area contributed by atoms with Gasteiger partial charge in [0.1, 0.15) is 0 Å². The topological polar surface area (TPSA) is 52.6 Å². The van der Waals surface area contributed by atoms with Gasteiger partial charge in [0.25, 0.3) is 0 Å². The molecule has 4 nitrogen and oxygen atoms in total. The van der Waals surface area contributed by atoms with E-state index < -0.39 is 14.0 Å². The fraction of sp³-hybridized carbons (Fsp3) is 0.571. The predicted molar refractivity (Wildman–Crippen MR) is 46.7 cm³/mol. The van der Waals surface area contributed by atoms with E-state index in [0.29, 0.717) is 6.61 Å². The Kier molecular flexibility index (Phi) is 6.72. The molecule has 0 aliphatic rings. The van der Waals surface area contributed by atoms with E-state index in [9.17, 15) is 9.36 Å². The second kappa shape index (κ2) is 7.07. The summed E-state index contributed by atoms with van der Waals surface area (Å²) in [5, 5.41) is 0. The Balaban J connectivity index is 3.61. The second-order valence-electron chi connectivity index (χ2n) is 1.93. The number of ether oxygens (including phenoxy) is 1. The first-order chi connectivity index (χ1) is 5.70. The van der Waals surface area contributed by atoms with Crippen molar-refractivity contribution in [2.24, 2.45) is 0 Å². The van der Waals surface area contributed by atoms with Crippen LogP contribution >= 0.6 is 8.03 Å². The van der Waals surface area contributed by atoms with E-state index in [1.165, 1.54) is 19.3 Å². The maximum Gasteiger partial charge on any atom is 0.330 e. The SMILES string of the molecule is CCOC(=O)/C=C/C[PH](=O)OC. The number of rotatable bonds is 5. The monoisotopic (exact) mass is 192 g/mol. The molecule has 0 spiro atoms. The van der Waals surface area contributed by atoms with Crippen molar-refractivity contribution in [3.05, 3.63) is 12.2 Å². The molecule has 12 heavy (non-hydrogen) atoms. The van der Waals surface area contributed by atoms with Gasteiger partial charge in [-0.3, -0.25) is 4.57 Å². The van der Waals surface area contributed by atoms with Crippen LogP contribution in [0.25, 0.3) is 0 Å². The minimum atomic E-state index is -1.98. The minimum absolute atomic E-state index is 0.278. The van der Waals surface area contributed by atoms with Crippen LogP contribution in [-0.4, -0.2) is 25.8 Å². The summed E-state index contributed by atoms with van der Waals surface area (Å²) in [5.41, 5.74) is 0. The van der Waals surface area contributed by atoms with Crippen molar-refractivity contribution >= 4 is 14.0 Å². The van der Waals surface area contributed by atoms with Gasteiger partial charge in [0.15, 0.2) is 8.03 Å². The van der Waals surface area contributed by atoms with Crippen LogP contribution in [0.4, 0.5) is 0 Å². The van der Waals surface area contributed by atoms with Crippen LogP contribution in [0, 0.1) is 0 Å². The van der Waals surface area contributed by atoms with Gasteiger partial charge < -0.3 is 9.26 Å². The maximum absolute atomic E-state index is 10.7. The molecule has 0 aromatic rings. The predicted octanol–water partition coefficient (Wildman–Crippen LogP) is 1.23. The largest absolute Gasteiger partial charge is 0.463 e. The lowest BCUT2D eigenvalue weighted by atomic mass is 10.5. The summed E-state index contributed by atoms with van der Waals surface area (Å²) in [6, 6.07) is 0. The quantitative estimate of drug-likeness (QED) is 0.373. The number of carbonyl (C=O) groups is 1. The fourth-order valence-electron chi connectivity index (χ4n) is 0.525. The molecule has 0 bridgehead atoms. The molecular formula is C7H13O4P. The van der Waals surface area contributed by atoms with Crippen molar-refractivity contribution in [2.75, 3.05) is 19.9 Å². The highest BCUT2D eigenvalue weighted by atomic mass is 31.1. The van der Waals surface area contributed by atoms with Crippen molar-refractivity contribution in [1.82, 2.24) is 0 Å². The molecular weight excluding hydrogens is 179 g/mol. The van der Waals surface area contributed by atoms with Crippen molar-refractivity contribution in [3.8, 4) is 0 Å². The van der Waals surface area contributed by atoms with E-state index in [-0.39, 0.29) is 6.16 Å². The van der Waals surface area contributed by atoms with Crippen LogP contribution < -0.4 is 0 Å². The Morgan fingerprint density at radius 3 is 2.75 bits per heavy atom. The van der Waals surface area contributed by atoms with Crippen molar-refractivity contribution in [3.63, 3.8) is 0 Å². The molecule has 0 aromatic heterocycles. The standard InChI is InChI=1S/C7H13O4P/c1-3-11-7(8)5-4-6-12(9)10-2/h4-5,12H,3,6H2,1-2H3/b5-4+. The van der Waals surface area contributed by atoms with E-state index >= 15 is 0 Å². The number of allylic oxidation sites excluding steroid dienone is 1. The second-order valence-corrected chi connectivity index (χ2v) is 3.50. The summed E-state index contributed by atoms with van der Waals surface area (Å²) in [5.74, 6) is -0.414. The normalized spacial score (nSPS) is 13.2. The average molecular weight is 192 g/mol. The molecule has 0 heterocycles. The van der Waals surface area contributed by atoms with Gasteiger partial charge in [-0.1, -0.05) is 6.08 Å². The molecule has 0 N–H and O–H groups in total. The van der Waals surface area contributed by atoms with Gasteiger partial charge in [-0.15, -0.1) is 0 Å². The summed E-state index contributed by atoms with van der Waals surface area (Å²) in [6.45, 7) is 2.08. The van der Waals surface area contributed by atoms with Gasteiger partial charge >= 0.3 is 5.97 Å². The lowest BCUT2D eigenvalue weighted by Crippen LogP contribution is -1.98. The number of esters is 1. The molecule has 0 aliphatic carbocycles. The Labute approximate surface area is 72.4 Å². The van der Waals surface area contributed by atoms with Gasteiger partial charge in [0.05, 0.1) is 6.61 Å². The van der Waals surface area contributed by atoms with E-state index in [1.54, 1.807) is 6.92 Å². The molecule has 5 heteroatoms. The average Bonchev–Trinajstić information content (AvgIpc) is 2.04. The van der Waals surface area contributed by atoms with Gasteiger partial charge in [-0.25, -0.2) is 4.79 Å². The summed E-state index contributed by atoms with van der Waals surface area (Å²) in [6.07, 6.45) is 3.02. The van der Waals surface area contributed by atoms with E-state index in [2.05, 4.69) is 9.26 Å². The highest BCUT2D eigenvalue weighted by molar-refractivity contribution is 7.39. The minimum Gasteiger partial charge on any atom is -0.463 e. The summed E-state index contributed by atoms with van der Waals surface area (Å²) < 4.78 is 19.8. The van der Waals surface area contributed by atoms with Crippen LogP contribution in [0.1, 0.15) is 6.92 Å². The Morgan fingerprint density at radius 1 is 1.58 bits per heavy atom. The summed E-state index contributed by atoms with van der Waals surface area (Å²) in [7, 11) is -0.609. The van der Waals surface area contributed by atoms with E-state index in [4.69, 9.17) is 0 Å². The molecule has 70 valence electrons. The van der Waals surface area contributed by atoms with Crippen molar-refractivity contribution < 1.29 is 18.6 Å². The highest BCUT2D eigenvalue weighted by Gasteiger charge is 1.94. The zero-order valence-electron chi connectivity index (χ0n) is 7.20. The van der Waals surface area contributed by atoms with Crippen LogP contribution in [0.2, 0.25) is 0 Å². The third kappa shape index (κ3) is 6.13. The zero-order valence-corrected chi connectivity index (χ0v) is 8.20. The van der Waals surface area contributed by atoms with E-state index in [1.807, 2.05) is 0 Å². The molecule has 0 saturated heterocycles. The highest BCUT2D eigenvalue weighted by Crippen LogP contribution is 2.19. The number of hydrogen-bond donors (Lipinski definition) is 0. The molecule has 0 rings (SSSR count). The Hall–Kier alpha value is -0.600. The third-order valence-corrected chi connectivity index (χ3v) is 2.08. The lowest BCUT2D eigenvalue weighted by Gasteiger charge is -1.94. The fourth-order valence-corrected chi connectivity index (χ4v) is 1.00. The van der Waals surface area contributed by atoms with Gasteiger partial charge in [-0.05, 0) is 6.92 Å². The number of hydrogen-bond acceptors (Lipinski definition) is 4. The molecule has 0 amide bonds.